The van der Waals surface area contributed by atoms with Crippen LogP contribution in [0.15, 0.2) is 30.5 Å². The molecule has 9 nitrogen and oxygen atoms in total. The lowest BCUT2D eigenvalue weighted by molar-refractivity contribution is -0.120. The van der Waals surface area contributed by atoms with Gasteiger partial charge in [0.25, 0.3) is 5.91 Å². The molecule has 2 aromatic rings. The summed E-state index contributed by atoms with van der Waals surface area (Å²) >= 11 is 0. The molecule has 2 atom stereocenters. The fraction of sp³-hybridized carbons (Fsp3) is 0.556. The topological polar surface area (TPSA) is 93.7 Å². The van der Waals surface area contributed by atoms with Gasteiger partial charge in [0.05, 0.1) is 0 Å². The molecule has 1 saturated carbocycles. The number of anilines is 3. The fourth-order valence-corrected chi connectivity index (χ4v) is 5.71. The molecule has 0 spiro atoms. The van der Waals surface area contributed by atoms with Crippen molar-refractivity contribution < 1.29 is 9.59 Å². The third-order valence-electron chi connectivity index (χ3n) is 7.83. The summed E-state index contributed by atoms with van der Waals surface area (Å²) in [6.07, 6.45) is 8.16. The van der Waals surface area contributed by atoms with Crippen molar-refractivity contribution in [2.75, 3.05) is 43.9 Å². The van der Waals surface area contributed by atoms with Gasteiger partial charge < -0.3 is 25.3 Å². The highest BCUT2D eigenvalue weighted by atomic mass is 16.2. The lowest BCUT2D eigenvalue weighted by Crippen LogP contribution is -2.47. The first-order valence-corrected chi connectivity index (χ1v) is 13.1. The zero-order valence-corrected chi connectivity index (χ0v) is 21.5. The smallest absolute Gasteiger partial charge is 0.253 e. The van der Waals surface area contributed by atoms with E-state index in [9.17, 15) is 9.59 Å². The highest BCUT2D eigenvalue weighted by molar-refractivity contribution is 5.94. The van der Waals surface area contributed by atoms with Crippen LogP contribution >= 0.6 is 0 Å². The van der Waals surface area contributed by atoms with E-state index in [1.807, 2.05) is 42.3 Å². The monoisotopic (exact) mass is 491 g/mol. The Kier molecular flexibility index (Phi) is 7.09. The molecule has 0 bridgehead atoms. The number of likely N-dealkylation sites (tertiary alicyclic amines) is 1. The lowest BCUT2D eigenvalue weighted by Gasteiger charge is -2.35. The van der Waals surface area contributed by atoms with Crippen LogP contribution in [0.5, 0.6) is 0 Å². The van der Waals surface area contributed by atoms with Gasteiger partial charge in [0, 0.05) is 54.7 Å². The number of nitrogens with zero attached hydrogens (tertiary/aromatic N) is 5. The maximum Gasteiger partial charge on any atom is 0.253 e. The van der Waals surface area contributed by atoms with Gasteiger partial charge in [-0.05, 0) is 71.0 Å². The van der Waals surface area contributed by atoms with Gasteiger partial charge in [0.1, 0.15) is 11.9 Å². The number of nitrogens with one attached hydrogen (secondary N) is 2. The number of hydrogen-bond acceptors (Lipinski definition) is 7. The summed E-state index contributed by atoms with van der Waals surface area (Å²) < 4.78 is 0. The van der Waals surface area contributed by atoms with Gasteiger partial charge in [-0.2, -0.15) is 4.98 Å². The number of hydrogen-bond donors (Lipinski definition) is 2. The molecule has 3 fully saturated rings. The molecule has 2 amide bonds. The highest BCUT2D eigenvalue weighted by Crippen LogP contribution is 2.33. The first-order valence-electron chi connectivity index (χ1n) is 13.1. The van der Waals surface area contributed by atoms with E-state index in [1.165, 1.54) is 12.8 Å². The molecule has 0 radical (unpaired) electrons. The van der Waals surface area contributed by atoms with E-state index in [0.717, 1.165) is 55.8 Å². The molecule has 2 aliphatic heterocycles. The molecule has 36 heavy (non-hydrogen) atoms. The van der Waals surface area contributed by atoms with E-state index in [4.69, 9.17) is 4.98 Å². The normalized spacial score (nSPS) is 22.3. The lowest BCUT2D eigenvalue weighted by atomic mass is 10.1. The second kappa shape index (κ2) is 10.4. The minimum atomic E-state index is -0.183. The molecule has 1 aromatic heterocycles. The Labute approximate surface area is 213 Å². The van der Waals surface area contributed by atoms with E-state index in [2.05, 4.69) is 39.5 Å². The van der Waals surface area contributed by atoms with Crippen LogP contribution in [0.25, 0.3) is 0 Å². The Morgan fingerprint density at radius 1 is 1.08 bits per heavy atom. The highest BCUT2D eigenvalue weighted by Gasteiger charge is 2.37. The van der Waals surface area contributed by atoms with Crippen LogP contribution < -0.4 is 15.5 Å². The third kappa shape index (κ3) is 5.02. The predicted molar refractivity (Wildman–Crippen MR) is 141 cm³/mol. The quantitative estimate of drug-likeness (QED) is 0.615. The number of rotatable bonds is 7. The van der Waals surface area contributed by atoms with Gasteiger partial charge in [-0.1, -0.05) is 12.8 Å². The maximum absolute atomic E-state index is 12.9. The van der Waals surface area contributed by atoms with Crippen LogP contribution in [-0.4, -0.2) is 83.4 Å². The second-order valence-electron chi connectivity index (χ2n) is 10.5. The molecule has 3 heterocycles. The second-order valence-corrected chi connectivity index (χ2v) is 10.5. The Morgan fingerprint density at radius 3 is 2.47 bits per heavy atom. The summed E-state index contributed by atoms with van der Waals surface area (Å²) in [5.41, 5.74) is 2.47. The van der Waals surface area contributed by atoms with E-state index in [1.54, 1.807) is 0 Å². The molecule has 2 saturated heterocycles. The van der Waals surface area contributed by atoms with Crippen LogP contribution in [-0.2, 0) is 4.79 Å². The standard InChI is InChI=1S/C27H37N7O2/c1-18-16-29-27(31-24(18)34(21-6-4-5-7-21)23-12-14-28-25(23)35)30-20-10-8-19(9-11-20)26(36)33-15-13-22(17-33)32(2)3/h8-11,16,21-23H,4-7,12-15,17H2,1-3H3,(H,28,35)(H,29,30,31)/t22-,23?/m1/s1. The molecule has 9 heteroatoms. The van der Waals surface area contributed by atoms with Crippen molar-refractivity contribution in [1.29, 1.82) is 0 Å². The van der Waals surface area contributed by atoms with Crippen molar-refractivity contribution in [2.24, 2.45) is 0 Å². The molecular formula is C27H37N7O2. The molecule has 3 aliphatic rings. The largest absolute Gasteiger partial charge is 0.354 e. The van der Waals surface area contributed by atoms with Gasteiger partial charge in [-0.25, -0.2) is 4.98 Å². The number of carbonyl (C=O) groups is 2. The van der Waals surface area contributed by atoms with Gasteiger partial charge in [-0.3, -0.25) is 9.59 Å². The average Bonchev–Trinajstić information content (AvgIpc) is 3.65. The SMILES string of the molecule is Cc1cnc(Nc2ccc(C(=O)N3CC[C@@H](N(C)C)C3)cc2)nc1N(C1CCCC1)C1CCNC1=O. The van der Waals surface area contributed by atoms with Crippen LogP contribution in [0.1, 0.15) is 54.4 Å². The first kappa shape index (κ1) is 24.5. The number of carbonyl (C=O) groups excluding carboxylic acids is 2. The minimum absolute atomic E-state index is 0.0711. The van der Waals surface area contributed by atoms with Crippen molar-refractivity contribution in [3.05, 3.63) is 41.6 Å². The van der Waals surface area contributed by atoms with Crippen LogP contribution in [0.2, 0.25) is 0 Å². The van der Waals surface area contributed by atoms with Crippen molar-refractivity contribution in [1.82, 2.24) is 25.1 Å². The van der Waals surface area contributed by atoms with Crippen molar-refractivity contribution >= 4 is 29.3 Å². The van der Waals surface area contributed by atoms with E-state index < -0.39 is 0 Å². The minimum Gasteiger partial charge on any atom is -0.354 e. The zero-order chi connectivity index (χ0) is 25.2. The van der Waals surface area contributed by atoms with Crippen LogP contribution in [0, 0.1) is 6.92 Å². The number of aromatic nitrogens is 2. The molecular weight excluding hydrogens is 454 g/mol. The molecule has 5 rings (SSSR count). The Bertz CT molecular complexity index is 1100. The third-order valence-corrected chi connectivity index (χ3v) is 7.83. The summed E-state index contributed by atoms with van der Waals surface area (Å²) in [5.74, 6) is 1.48. The van der Waals surface area contributed by atoms with Gasteiger partial charge in [0.15, 0.2) is 0 Å². The summed E-state index contributed by atoms with van der Waals surface area (Å²) in [7, 11) is 4.13. The molecule has 2 N–H and O–H groups in total. The molecule has 1 unspecified atom stereocenters. The Balaban J connectivity index is 1.32. The Morgan fingerprint density at radius 2 is 1.83 bits per heavy atom. The molecule has 1 aliphatic carbocycles. The van der Waals surface area contributed by atoms with Crippen LogP contribution in [0.3, 0.4) is 0 Å². The number of amides is 2. The number of aryl methyl sites for hydroxylation is 1. The fourth-order valence-electron chi connectivity index (χ4n) is 5.71. The average molecular weight is 492 g/mol. The van der Waals surface area contributed by atoms with Crippen LogP contribution in [0.4, 0.5) is 17.5 Å². The zero-order valence-electron chi connectivity index (χ0n) is 21.5. The van der Waals surface area contributed by atoms with Crippen molar-refractivity contribution in [2.45, 2.75) is 63.6 Å². The summed E-state index contributed by atoms with van der Waals surface area (Å²) in [4.78, 5) is 41.3. The first-order chi connectivity index (χ1) is 17.4. The van der Waals surface area contributed by atoms with E-state index in [-0.39, 0.29) is 17.9 Å². The number of likely N-dealkylation sites (N-methyl/N-ethyl adjacent to an activating group) is 1. The van der Waals surface area contributed by atoms with E-state index in [0.29, 0.717) is 30.1 Å². The summed E-state index contributed by atoms with van der Waals surface area (Å²) in [6.45, 7) is 4.27. The predicted octanol–water partition coefficient (Wildman–Crippen LogP) is 2.94. The van der Waals surface area contributed by atoms with Gasteiger partial charge in [-0.15, -0.1) is 0 Å². The summed E-state index contributed by atoms with van der Waals surface area (Å²) in [6, 6.07) is 8.07. The van der Waals surface area contributed by atoms with Gasteiger partial charge in [0.2, 0.25) is 11.9 Å². The van der Waals surface area contributed by atoms with Crippen molar-refractivity contribution in [3.63, 3.8) is 0 Å². The summed E-state index contributed by atoms with van der Waals surface area (Å²) in [5, 5.41) is 6.28. The number of benzene rings is 1. The molecule has 192 valence electrons. The van der Waals surface area contributed by atoms with Crippen molar-refractivity contribution in [3.8, 4) is 0 Å². The maximum atomic E-state index is 12.9. The van der Waals surface area contributed by atoms with Gasteiger partial charge >= 0.3 is 0 Å². The Hall–Kier alpha value is -3.20. The molecule has 1 aromatic carbocycles. The van der Waals surface area contributed by atoms with E-state index >= 15 is 0 Å².